The third-order valence-corrected chi connectivity index (χ3v) is 5.12. The first-order chi connectivity index (χ1) is 8.82. The Morgan fingerprint density at radius 2 is 2.16 bits per heavy atom. The Hall–Kier alpha value is -1.22. The fourth-order valence-corrected chi connectivity index (χ4v) is 3.63. The zero-order chi connectivity index (χ0) is 14.2. The molecule has 0 spiro atoms. The van der Waals surface area contributed by atoms with Crippen molar-refractivity contribution in [1.29, 1.82) is 0 Å². The highest BCUT2D eigenvalue weighted by atomic mass is 35.5. The fraction of sp³-hybridized carbons (Fsp3) is 0.400. The van der Waals surface area contributed by atoms with Crippen molar-refractivity contribution in [2.75, 3.05) is 13.1 Å². The summed E-state index contributed by atoms with van der Waals surface area (Å²) in [7, 11) is -3.75. The van der Waals surface area contributed by atoms with E-state index in [2.05, 4.69) is 0 Å². The number of nitrogens with two attached hydrogens (primary N) is 1. The van der Waals surface area contributed by atoms with Crippen molar-refractivity contribution in [3.8, 4) is 0 Å². The van der Waals surface area contributed by atoms with E-state index < -0.39 is 20.6 Å². The summed E-state index contributed by atoms with van der Waals surface area (Å²) in [6.45, 7) is 0.540. The molecular formula is C10H12ClN3O4S. The largest absolute Gasteiger partial charge is 0.326 e. The van der Waals surface area contributed by atoms with Crippen LogP contribution in [0.25, 0.3) is 0 Å². The molecule has 1 atom stereocenters. The summed E-state index contributed by atoms with van der Waals surface area (Å²) in [4.78, 5) is 9.91. The van der Waals surface area contributed by atoms with E-state index in [1.54, 1.807) is 0 Å². The van der Waals surface area contributed by atoms with Crippen molar-refractivity contribution in [2.45, 2.75) is 17.4 Å². The summed E-state index contributed by atoms with van der Waals surface area (Å²) >= 11 is 5.65. The van der Waals surface area contributed by atoms with E-state index >= 15 is 0 Å². The van der Waals surface area contributed by atoms with Crippen molar-refractivity contribution in [1.82, 2.24) is 4.31 Å². The topological polar surface area (TPSA) is 107 Å². The van der Waals surface area contributed by atoms with Gasteiger partial charge in [0.25, 0.3) is 5.69 Å². The summed E-state index contributed by atoms with van der Waals surface area (Å²) in [6.07, 6.45) is 0.578. The number of halogens is 1. The van der Waals surface area contributed by atoms with Crippen LogP contribution in [0.2, 0.25) is 5.02 Å². The lowest BCUT2D eigenvalue weighted by Gasteiger charge is -2.15. The van der Waals surface area contributed by atoms with Crippen LogP contribution in [-0.2, 0) is 10.0 Å². The first-order valence-corrected chi connectivity index (χ1v) is 7.34. The molecule has 19 heavy (non-hydrogen) atoms. The number of benzene rings is 1. The van der Waals surface area contributed by atoms with Gasteiger partial charge < -0.3 is 5.73 Å². The Bertz CT molecular complexity index is 619. The van der Waals surface area contributed by atoms with Crippen molar-refractivity contribution in [3.63, 3.8) is 0 Å². The lowest BCUT2D eigenvalue weighted by Crippen LogP contribution is -2.32. The number of rotatable bonds is 3. The molecule has 1 aromatic rings. The first kappa shape index (κ1) is 14.2. The van der Waals surface area contributed by atoms with Crippen molar-refractivity contribution < 1.29 is 13.3 Å². The van der Waals surface area contributed by atoms with Gasteiger partial charge in [-0.2, -0.15) is 4.31 Å². The predicted octanol–water partition coefficient (Wildman–Crippen LogP) is 0.970. The molecule has 2 N–H and O–H groups in total. The van der Waals surface area contributed by atoms with Gasteiger partial charge in [0, 0.05) is 25.2 Å². The summed E-state index contributed by atoms with van der Waals surface area (Å²) < 4.78 is 25.8. The molecule has 1 aliphatic heterocycles. The van der Waals surface area contributed by atoms with E-state index in [4.69, 9.17) is 17.3 Å². The molecule has 1 fully saturated rings. The van der Waals surface area contributed by atoms with Crippen LogP contribution in [0, 0.1) is 10.1 Å². The Balaban J connectivity index is 2.41. The van der Waals surface area contributed by atoms with Gasteiger partial charge in [-0.3, -0.25) is 10.1 Å². The maximum Gasteiger partial charge on any atom is 0.289 e. The van der Waals surface area contributed by atoms with Crippen LogP contribution in [0.1, 0.15) is 6.42 Å². The van der Waals surface area contributed by atoms with E-state index in [0.29, 0.717) is 13.0 Å². The second-order valence-electron chi connectivity index (χ2n) is 4.28. The Labute approximate surface area is 115 Å². The summed E-state index contributed by atoms with van der Waals surface area (Å²) in [6, 6.07) is 3.25. The van der Waals surface area contributed by atoms with Gasteiger partial charge in [0.1, 0.15) is 5.02 Å². The minimum atomic E-state index is -3.75. The second-order valence-corrected chi connectivity index (χ2v) is 6.63. The van der Waals surface area contributed by atoms with Crippen LogP contribution in [0.3, 0.4) is 0 Å². The minimum Gasteiger partial charge on any atom is -0.326 e. The zero-order valence-electron chi connectivity index (χ0n) is 9.82. The van der Waals surface area contributed by atoms with Crippen LogP contribution in [0.4, 0.5) is 5.69 Å². The van der Waals surface area contributed by atoms with Crippen LogP contribution in [0.5, 0.6) is 0 Å². The molecule has 9 heteroatoms. The molecule has 1 aromatic carbocycles. The molecule has 0 unspecified atom stereocenters. The Kier molecular flexibility index (Phi) is 3.77. The maximum atomic E-state index is 12.3. The average Bonchev–Trinajstić information content (AvgIpc) is 2.76. The minimum absolute atomic E-state index is 0.0953. The highest BCUT2D eigenvalue weighted by molar-refractivity contribution is 7.89. The smallest absolute Gasteiger partial charge is 0.289 e. The van der Waals surface area contributed by atoms with Gasteiger partial charge in [-0.1, -0.05) is 11.6 Å². The second kappa shape index (κ2) is 5.04. The van der Waals surface area contributed by atoms with Gasteiger partial charge in [0.05, 0.1) is 9.82 Å². The van der Waals surface area contributed by atoms with Crippen LogP contribution in [0.15, 0.2) is 23.1 Å². The Morgan fingerprint density at radius 3 is 2.68 bits per heavy atom. The standard InChI is InChI=1S/C10H12ClN3O4S/c11-9-2-1-8(5-10(9)14(15)16)19(17,18)13-4-3-7(12)6-13/h1-2,5,7H,3-4,6,12H2/t7-/m1/s1. The molecule has 104 valence electrons. The molecule has 2 rings (SSSR count). The van der Waals surface area contributed by atoms with E-state index in [9.17, 15) is 18.5 Å². The van der Waals surface area contributed by atoms with E-state index in [1.807, 2.05) is 0 Å². The normalized spacial score (nSPS) is 20.6. The van der Waals surface area contributed by atoms with Crippen molar-refractivity contribution in [2.24, 2.45) is 5.73 Å². The van der Waals surface area contributed by atoms with Gasteiger partial charge in [-0.05, 0) is 18.6 Å². The van der Waals surface area contributed by atoms with Gasteiger partial charge >= 0.3 is 0 Å². The van der Waals surface area contributed by atoms with Crippen molar-refractivity contribution in [3.05, 3.63) is 33.3 Å². The fourth-order valence-electron chi connectivity index (χ4n) is 1.91. The van der Waals surface area contributed by atoms with Gasteiger partial charge in [-0.25, -0.2) is 8.42 Å². The Morgan fingerprint density at radius 1 is 1.47 bits per heavy atom. The number of hydrogen-bond donors (Lipinski definition) is 1. The van der Waals surface area contributed by atoms with Crippen LogP contribution < -0.4 is 5.73 Å². The molecule has 0 amide bonds. The van der Waals surface area contributed by atoms with E-state index in [1.165, 1.54) is 16.4 Å². The average molecular weight is 306 g/mol. The molecule has 1 saturated heterocycles. The van der Waals surface area contributed by atoms with E-state index in [-0.39, 0.29) is 22.5 Å². The third-order valence-electron chi connectivity index (χ3n) is 2.94. The van der Waals surface area contributed by atoms with Crippen molar-refractivity contribution >= 4 is 27.3 Å². The predicted molar refractivity (Wildman–Crippen MR) is 69.5 cm³/mol. The first-order valence-electron chi connectivity index (χ1n) is 5.52. The van der Waals surface area contributed by atoms with Crippen LogP contribution >= 0.6 is 11.6 Å². The van der Waals surface area contributed by atoms with Gasteiger partial charge in [-0.15, -0.1) is 0 Å². The highest BCUT2D eigenvalue weighted by Gasteiger charge is 2.32. The summed E-state index contributed by atoms with van der Waals surface area (Å²) in [5, 5.41) is 10.7. The lowest BCUT2D eigenvalue weighted by atomic mass is 10.3. The third kappa shape index (κ3) is 2.71. The molecule has 0 radical (unpaired) electrons. The summed E-state index contributed by atoms with van der Waals surface area (Å²) in [5.74, 6) is 0. The van der Waals surface area contributed by atoms with Gasteiger partial charge in [0.2, 0.25) is 10.0 Å². The molecule has 7 nitrogen and oxygen atoms in total. The molecule has 0 aromatic heterocycles. The van der Waals surface area contributed by atoms with E-state index in [0.717, 1.165) is 6.07 Å². The molecule has 0 aliphatic carbocycles. The number of sulfonamides is 1. The van der Waals surface area contributed by atoms with Gasteiger partial charge in [0.15, 0.2) is 0 Å². The molecule has 0 saturated carbocycles. The SMILES string of the molecule is N[C@@H]1CCN(S(=O)(=O)c2ccc(Cl)c([N+](=O)[O-])c2)C1. The number of nitro groups is 1. The maximum absolute atomic E-state index is 12.3. The summed E-state index contributed by atoms with van der Waals surface area (Å²) in [5.41, 5.74) is 5.24. The lowest BCUT2D eigenvalue weighted by molar-refractivity contribution is -0.384. The quantitative estimate of drug-likeness (QED) is 0.661. The number of nitro benzene ring substituents is 1. The molecule has 0 bridgehead atoms. The zero-order valence-corrected chi connectivity index (χ0v) is 11.4. The monoisotopic (exact) mass is 305 g/mol. The molecule has 1 aliphatic rings. The number of nitrogens with zero attached hydrogens (tertiary/aromatic N) is 2. The highest BCUT2D eigenvalue weighted by Crippen LogP contribution is 2.29. The molecular weight excluding hydrogens is 294 g/mol. The number of hydrogen-bond acceptors (Lipinski definition) is 5. The molecule has 1 heterocycles. The van der Waals surface area contributed by atoms with Crippen LogP contribution in [-0.4, -0.2) is 36.8 Å².